The molecule has 0 atom stereocenters. The van der Waals surface area contributed by atoms with Crippen molar-refractivity contribution in [1.29, 1.82) is 5.26 Å². The smallest absolute Gasteiger partial charge is 0.128 e. The maximum atomic E-state index is 8.78. The van der Waals surface area contributed by atoms with E-state index >= 15 is 0 Å². The fourth-order valence-electron chi connectivity index (χ4n) is 1.60. The van der Waals surface area contributed by atoms with Crippen molar-refractivity contribution in [2.45, 2.75) is 26.2 Å². The van der Waals surface area contributed by atoms with Crippen molar-refractivity contribution in [3.05, 3.63) is 35.8 Å². The molecule has 0 aliphatic heterocycles. The highest BCUT2D eigenvalue weighted by Crippen LogP contribution is 2.13. The first-order valence-electron chi connectivity index (χ1n) is 5.49. The molecule has 80 valence electrons. The number of fused-ring (bicyclic) bond motifs is 1. The van der Waals surface area contributed by atoms with Gasteiger partial charge in [0.1, 0.15) is 5.82 Å². The van der Waals surface area contributed by atoms with Gasteiger partial charge in [-0.1, -0.05) is 13.3 Å². The number of aromatic nitrogens is 2. The number of unbranched alkanes of at least 4 members (excludes halogenated alkanes) is 1. The fraction of sp³-hybridized carbons (Fsp3) is 0.308. The summed E-state index contributed by atoms with van der Waals surface area (Å²) in [7, 11) is 0. The van der Waals surface area contributed by atoms with Crippen LogP contribution in [0.25, 0.3) is 10.9 Å². The molecule has 1 aromatic heterocycles. The van der Waals surface area contributed by atoms with Crippen LogP contribution in [0.15, 0.2) is 24.4 Å². The van der Waals surface area contributed by atoms with Gasteiger partial charge < -0.3 is 0 Å². The Morgan fingerprint density at radius 1 is 1.38 bits per heavy atom. The quantitative estimate of drug-likeness (QED) is 0.784. The minimum atomic E-state index is 0.650. The Kier molecular flexibility index (Phi) is 3.11. The zero-order valence-electron chi connectivity index (χ0n) is 9.27. The van der Waals surface area contributed by atoms with E-state index in [9.17, 15) is 0 Å². The number of benzene rings is 1. The summed E-state index contributed by atoms with van der Waals surface area (Å²) in [6.45, 7) is 2.15. The highest BCUT2D eigenvalue weighted by atomic mass is 14.9. The molecule has 0 amide bonds. The lowest BCUT2D eigenvalue weighted by Gasteiger charge is -2.01. The van der Waals surface area contributed by atoms with Crippen LogP contribution in [0.5, 0.6) is 0 Å². The summed E-state index contributed by atoms with van der Waals surface area (Å²) in [6, 6.07) is 7.60. The van der Waals surface area contributed by atoms with Crippen molar-refractivity contribution in [3.63, 3.8) is 0 Å². The van der Waals surface area contributed by atoms with Crippen LogP contribution >= 0.6 is 0 Å². The van der Waals surface area contributed by atoms with E-state index in [0.29, 0.717) is 5.56 Å². The predicted molar refractivity (Wildman–Crippen MR) is 62.9 cm³/mol. The van der Waals surface area contributed by atoms with Gasteiger partial charge in [0.25, 0.3) is 0 Å². The molecule has 2 aromatic rings. The van der Waals surface area contributed by atoms with Crippen LogP contribution < -0.4 is 0 Å². The molecule has 0 saturated carbocycles. The van der Waals surface area contributed by atoms with E-state index < -0.39 is 0 Å². The second kappa shape index (κ2) is 4.71. The molecular formula is C13H13N3. The standard InChI is InChI=1S/C13H13N3/c1-2-3-4-13-15-9-11-7-10(8-14)5-6-12(11)16-13/h5-7,9H,2-4H2,1H3. The van der Waals surface area contributed by atoms with Crippen LogP contribution in [0, 0.1) is 11.3 Å². The summed E-state index contributed by atoms with van der Waals surface area (Å²) in [5.41, 5.74) is 1.57. The molecule has 16 heavy (non-hydrogen) atoms. The monoisotopic (exact) mass is 211 g/mol. The van der Waals surface area contributed by atoms with Crippen molar-refractivity contribution in [1.82, 2.24) is 9.97 Å². The maximum absolute atomic E-state index is 8.78. The molecule has 0 saturated heterocycles. The average Bonchev–Trinajstić information content (AvgIpc) is 2.35. The number of nitriles is 1. The molecule has 0 aliphatic rings. The van der Waals surface area contributed by atoms with Gasteiger partial charge in [0.2, 0.25) is 0 Å². The average molecular weight is 211 g/mol. The zero-order chi connectivity index (χ0) is 11.4. The Morgan fingerprint density at radius 3 is 3.00 bits per heavy atom. The first kappa shape index (κ1) is 10.6. The minimum absolute atomic E-state index is 0.650. The van der Waals surface area contributed by atoms with Gasteiger partial charge in [0.15, 0.2) is 0 Å². The Hall–Kier alpha value is -1.95. The normalized spacial score (nSPS) is 10.2. The van der Waals surface area contributed by atoms with Gasteiger partial charge in [-0.3, -0.25) is 0 Å². The maximum Gasteiger partial charge on any atom is 0.128 e. The van der Waals surface area contributed by atoms with Gasteiger partial charge in [-0.05, 0) is 24.6 Å². The van der Waals surface area contributed by atoms with Crippen molar-refractivity contribution in [3.8, 4) is 6.07 Å². The molecule has 0 bridgehead atoms. The lowest BCUT2D eigenvalue weighted by atomic mass is 10.1. The van der Waals surface area contributed by atoms with Crippen LogP contribution in [0.4, 0.5) is 0 Å². The van der Waals surface area contributed by atoms with Gasteiger partial charge in [0.05, 0.1) is 17.1 Å². The number of hydrogen-bond donors (Lipinski definition) is 0. The third-order valence-electron chi connectivity index (χ3n) is 2.51. The molecule has 3 heteroatoms. The second-order valence-electron chi connectivity index (χ2n) is 3.78. The molecule has 0 N–H and O–H groups in total. The lowest BCUT2D eigenvalue weighted by molar-refractivity contribution is 0.757. The van der Waals surface area contributed by atoms with Crippen molar-refractivity contribution < 1.29 is 0 Å². The van der Waals surface area contributed by atoms with Gasteiger partial charge >= 0.3 is 0 Å². The SMILES string of the molecule is CCCCc1ncc2cc(C#N)ccc2n1. The highest BCUT2D eigenvalue weighted by molar-refractivity contribution is 5.79. The summed E-state index contributed by atoms with van der Waals surface area (Å²) in [6.07, 6.45) is 4.98. The number of aryl methyl sites for hydroxylation is 1. The second-order valence-corrected chi connectivity index (χ2v) is 3.78. The third-order valence-corrected chi connectivity index (χ3v) is 2.51. The first-order valence-corrected chi connectivity index (χ1v) is 5.49. The Balaban J connectivity index is 2.37. The molecular weight excluding hydrogens is 198 g/mol. The first-order chi connectivity index (χ1) is 7.83. The zero-order valence-corrected chi connectivity index (χ0v) is 9.27. The highest BCUT2D eigenvalue weighted by Gasteiger charge is 2.00. The molecule has 0 radical (unpaired) electrons. The molecule has 0 spiro atoms. The van der Waals surface area contributed by atoms with E-state index in [-0.39, 0.29) is 0 Å². The van der Waals surface area contributed by atoms with E-state index in [2.05, 4.69) is 23.0 Å². The molecule has 0 aliphatic carbocycles. The van der Waals surface area contributed by atoms with E-state index in [1.54, 1.807) is 12.3 Å². The van der Waals surface area contributed by atoms with Crippen LogP contribution in [0.3, 0.4) is 0 Å². The molecule has 0 fully saturated rings. The topological polar surface area (TPSA) is 49.6 Å². The van der Waals surface area contributed by atoms with E-state index in [1.165, 1.54) is 0 Å². The fourth-order valence-corrected chi connectivity index (χ4v) is 1.60. The Morgan fingerprint density at radius 2 is 2.25 bits per heavy atom. The molecule has 1 heterocycles. The van der Waals surface area contributed by atoms with E-state index in [4.69, 9.17) is 5.26 Å². The van der Waals surface area contributed by atoms with Crippen LogP contribution in [-0.4, -0.2) is 9.97 Å². The summed E-state index contributed by atoms with van der Waals surface area (Å²) in [4.78, 5) is 8.77. The molecule has 2 rings (SSSR count). The van der Waals surface area contributed by atoms with E-state index in [0.717, 1.165) is 36.0 Å². The third kappa shape index (κ3) is 2.17. The van der Waals surface area contributed by atoms with Crippen LogP contribution in [0.1, 0.15) is 31.2 Å². The Bertz CT molecular complexity index is 540. The largest absolute Gasteiger partial charge is 0.241 e. The number of hydrogen-bond acceptors (Lipinski definition) is 3. The number of rotatable bonds is 3. The molecule has 3 nitrogen and oxygen atoms in total. The summed E-state index contributed by atoms with van der Waals surface area (Å²) < 4.78 is 0. The summed E-state index contributed by atoms with van der Waals surface area (Å²) in [5.74, 6) is 0.888. The number of nitrogens with zero attached hydrogens (tertiary/aromatic N) is 3. The van der Waals surface area contributed by atoms with Crippen LogP contribution in [-0.2, 0) is 6.42 Å². The van der Waals surface area contributed by atoms with Gasteiger partial charge in [0, 0.05) is 18.0 Å². The van der Waals surface area contributed by atoms with Gasteiger partial charge in [-0.2, -0.15) is 5.26 Å². The molecule has 0 unspecified atom stereocenters. The summed E-state index contributed by atoms with van der Waals surface area (Å²) in [5, 5.41) is 9.71. The van der Waals surface area contributed by atoms with Gasteiger partial charge in [-0.15, -0.1) is 0 Å². The Labute approximate surface area is 94.8 Å². The van der Waals surface area contributed by atoms with E-state index in [1.807, 2.05) is 12.1 Å². The molecule has 1 aromatic carbocycles. The predicted octanol–water partition coefficient (Wildman–Crippen LogP) is 2.84. The summed E-state index contributed by atoms with van der Waals surface area (Å²) >= 11 is 0. The minimum Gasteiger partial charge on any atom is -0.241 e. The van der Waals surface area contributed by atoms with Gasteiger partial charge in [-0.25, -0.2) is 9.97 Å². The van der Waals surface area contributed by atoms with Crippen molar-refractivity contribution >= 4 is 10.9 Å². The lowest BCUT2D eigenvalue weighted by Crippen LogP contribution is -1.95. The van der Waals surface area contributed by atoms with Crippen molar-refractivity contribution in [2.24, 2.45) is 0 Å². The van der Waals surface area contributed by atoms with Crippen LogP contribution in [0.2, 0.25) is 0 Å². The van der Waals surface area contributed by atoms with Crippen molar-refractivity contribution in [2.75, 3.05) is 0 Å².